The number of para-hydroxylation sites is 2. The lowest BCUT2D eigenvalue weighted by Crippen LogP contribution is -2.13. The van der Waals surface area contributed by atoms with Crippen LogP contribution in [0.15, 0.2) is 82.8 Å². The second-order valence-electron chi connectivity index (χ2n) is 6.02. The van der Waals surface area contributed by atoms with Gasteiger partial charge in [0.05, 0.1) is 10.7 Å². The maximum atomic E-state index is 12.5. The number of nitrogens with zero attached hydrogens (tertiary/aromatic N) is 1. The Morgan fingerprint density at radius 3 is 2.52 bits per heavy atom. The summed E-state index contributed by atoms with van der Waals surface area (Å²) in [7, 11) is 0. The van der Waals surface area contributed by atoms with Crippen molar-refractivity contribution in [1.82, 2.24) is 0 Å². The number of hydrogen-bond acceptors (Lipinski definition) is 3. The summed E-state index contributed by atoms with van der Waals surface area (Å²) in [6, 6.07) is 23.8. The molecule has 0 spiro atoms. The number of amides is 1. The highest BCUT2D eigenvalue weighted by atomic mass is 79.9. The monoisotopic (exact) mass is 466 g/mol. The van der Waals surface area contributed by atoms with Crippen molar-refractivity contribution in [3.8, 4) is 11.8 Å². The van der Waals surface area contributed by atoms with Gasteiger partial charge in [0.25, 0.3) is 5.91 Å². The summed E-state index contributed by atoms with van der Waals surface area (Å²) in [6.45, 7) is 0.347. The van der Waals surface area contributed by atoms with E-state index in [2.05, 4.69) is 21.2 Å². The molecule has 0 aromatic heterocycles. The predicted molar refractivity (Wildman–Crippen MR) is 119 cm³/mol. The van der Waals surface area contributed by atoms with E-state index >= 15 is 0 Å². The number of carbonyl (C=O) groups excluding carboxylic acids is 1. The maximum Gasteiger partial charge on any atom is 0.266 e. The van der Waals surface area contributed by atoms with E-state index in [0.29, 0.717) is 28.6 Å². The summed E-state index contributed by atoms with van der Waals surface area (Å²) in [5.74, 6) is 0.0303. The molecule has 0 heterocycles. The van der Waals surface area contributed by atoms with Gasteiger partial charge in [-0.1, -0.05) is 76.1 Å². The fourth-order valence-electron chi connectivity index (χ4n) is 2.56. The molecule has 0 aliphatic rings. The Morgan fingerprint density at radius 1 is 1.07 bits per heavy atom. The number of hydrogen-bond donors (Lipinski definition) is 1. The van der Waals surface area contributed by atoms with E-state index in [0.717, 1.165) is 10.0 Å². The Balaban J connectivity index is 1.81. The van der Waals surface area contributed by atoms with E-state index in [1.807, 2.05) is 42.5 Å². The molecule has 144 valence electrons. The number of anilines is 1. The zero-order valence-corrected chi connectivity index (χ0v) is 17.6. The minimum absolute atomic E-state index is 0.0538. The van der Waals surface area contributed by atoms with Crippen LogP contribution >= 0.6 is 27.5 Å². The lowest BCUT2D eigenvalue weighted by Gasteiger charge is -2.11. The van der Waals surface area contributed by atoms with Gasteiger partial charge in [0.15, 0.2) is 0 Å². The molecular weight excluding hydrogens is 452 g/mol. The molecule has 1 N–H and O–H groups in total. The van der Waals surface area contributed by atoms with Crippen LogP contribution in [0.1, 0.15) is 11.1 Å². The minimum atomic E-state index is -0.541. The zero-order valence-electron chi connectivity index (χ0n) is 15.2. The SMILES string of the molecule is N#C/C(=C\c1ccccc1OCc1ccccc1Br)C(=O)Nc1ccccc1Cl. The lowest BCUT2D eigenvalue weighted by molar-refractivity contribution is -0.112. The molecule has 0 atom stereocenters. The van der Waals surface area contributed by atoms with Crippen molar-refractivity contribution in [1.29, 1.82) is 5.26 Å². The van der Waals surface area contributed by atoms with E-state index in [1.54, 1.807) is 36.4 Å². The summed E-state index contributed by atoms with van der Waals surface area (Å²) in [5.41, 5.74) is 2.01. The van der Waals surface area contributed by atoms with Gasteiger partial charge in [-0.3, -0.25) is 4.79 Å². The van der Waals surface area contributed by atoms with Crippen molar-refractivity contribution in [3.63, 3.8) is 0 Å². The fraction of sp³-hybridized carbons (Fsp3) is 0.0435. The highest BCUT2D eigenvalue weighted by Gasteiger charge is 2.13. The third kappa shape index (κ3) is 5.47. The molecule has 0 unspecified atom stereocenters. The first kappa shape index (κ1) is 20.7. The van der Waals surface area contributed by atoms with Crippen LogP contribution in [-0.4, -0.2) is 5.91 Å². The molecule has 0 aliphatic heterocycles. The van der Waals surface area contributed by atoms with Crippen molar-refractivity contribution < 1.29 is 9.53 Å². The van der Waals surface area contributed by atoms with E-state index in [-0.39, 0.29) is 5.57 Å². The number of nitriles is 1. The van der Waals surface area contributed by atoms with Gasteiger partial charge in [0, 0.05) is 15.6 Å². The third-order valence-electron chi connectivity index (χ3n) is 4.05. The van der Waals surface area contributed by atoms with Gasteiger partial charge in [-0.05, 0) is 30.3 Å². The first-order chi connectivity index (χ1) is 14.1. The summed E-state index contributed by atoms with van der Waals surface area (Å²) in [4.78, 5) is 12.5. The molecule has 0 bridgehead atoms. The molecule has 3 rings (SSSR count). The standard InChI is InChI=1S/C23H16BrClN2O2/c24-19-9-3-1-8-17(19)15-29-22-12-6-2-7-16(22)13-18(14-26)23(28)27-21-11-5-4-10-20(21)25/h1-13H,15H2,(H,27,28)/b18-13+. The number of nitrogens with one attached hydrogen (secondary N) is 1. The molecule has 0 aliphatic carbocycles. The van der Waals surface area contributed by atoms with Gasteiger partial charge in [-0.15, -0.1) is 0 Å². The van der Waals surface area contributed by atoms with Gasteiger partial charge >= 0.3 is 0 Å². The molecule has 4 nitrogen and oxygen atoms in total. The van der Waals surface area contributed by atoms with E-state index in [1.165, 1.54) is 6.08 Å². The number of benzene rings is 3. The van der Waals surface area contributed by atoms with Gasteiger partial charge in [0.2, 0.25) is 0 Å². The summed E-state index contributed by atoms with van der Waals surface area (Å²) < 4.78 is 6.88. The van der Waals surface area contributed by atoms with Gasteiger partial charge in [-0.2, -0.15) is 5.26 Å². The third-order valence-corrected chi connectivity index (χ3v) is 5.15. The average Bonchev–Trinajstić information content (AvgIpc) is 2.73. The fourth-order valence-corrected chi connectivity index (χ4v) is 3.14. The summed E-state index contributed by atoms with van der Waals surface area (Å²) in [6.07, 6.45) is 1.50. The predicted octanol–water partition coefficient (Wildman–Crippen LogP) is 6.23. The topological polar surface area (TPSA) is 62.1 Å². The number of ether oxygens (including phenoxy) is 1. The average molecular weight is 468 g/mol. The first-order valence-corrected chi connectivity index (χ1v) is 9.88. The molecule has 1 amide bonds. The molecular formula is C23H16BrClN2O2. The van der Waals surface area contributed by atoms with Crippen LogP contribution in [0.3, 0.4) is 0 Å². The molecule has 0 saturated heterocycles. The van der Waals surface area contributed by atoms with Crippen molar-refractivity contribution >= 4 is 45.2 Å². The smallest absolute Gasteiger partial charge is 0.266 e. The van der Waals surface area contributed by atoms with Crippen molar-refractivity contribution in [2.24, 2.45) is 0 Å². The Kier molecular flexibility index (Phi) is 7.07. The zero-order chi connectivity index (χ0) is 20.6. The first-order valence-electron chi connectivity index (χ1n) is 8.71. The molecule has 0 radical (unpaired) electrons. The van der Waals surface area contributed by atoms with E-state index < -0.39 is 5.91 Å². The van der Waals surface area contributed by atoms with Gasteiger partial charge in [0.1, 0.15) is 24.0 Å². The molecule has 0 fully saturated rings. The molecule has 0 saturated carbocycles. The summed E-state index contributed by atoms with van der Waals surface area (Å²) in [5, 5.41) is 12.5. The van der Waals surface area contributed by atoms with Gasteiger partial charge in [-0.25, -0.2) is 0 Å². The van der Waals surface area contributed by atoms with Crippen LogP contribution in [0.4, 0.5) is 5.69 Å². The molecule has 3 aromatic carbocycles. The maximum absolute atomic E-state index is 12.5. The number of carbonyl (C=O) groups is 1. The van der Waals surface area contributed by atoms with Crippen LogP contribution in [0.5, 0.6) is 5.75 Å². The van der Waals surface area contributed by atoms with Crippen LogP contribution in [0.2, 0.25) is 5.02 Å². The van der Waals surface area contributed by atoms with Gasteiger partial charge < -0.3 is 10.1 Å². The van der Waals surface area contributed by atoms with Crippen molar-refractivity contribution in [3.05, 3.63) is 99.0 Å². The number of rotatable bonds is 6. The van der Waals surface area contributed by atoms with E-state index in [4.69, 9.17) is 16.3 Å². The van der Waals surface area contributed by atoms with Crippen LogP contribution in [-0.2, 0) is 11.4 Å². The Morgan fingerprint density at radius 2 is 1.76 bits per heavy atom. The highest BCUT2D eigenvalue weighted by molar-refractivity contribution is 9.10. The van der Waals surface area contributed by atoms with Crippen LogP contribution in [0.25, 0.3) is 6.08 Å². The molecule has 29 heavy (non-hydrogen) atoms. The van der Waals surface area contributed by atoms with Crippen molar-refractivity contribution in [2.45, 2.75) is 6.61 Å². The Bertz CT molecular complexity index is 1110. The Hall–Kier alpha value is -3.07. The summed E-state index contributed by atoms with van der Waals surface area (Å²) >= 11 is 9.57. The normalized spacial score (nSPS) is 10.9. The minimum Gasteiger partial charge on any atom is -0.488 e. The Labute approximate surface area is 182 Å². The largest absolute Gasteiger partial charge is 0.488 e. The molecule has 6 heteroatoms. The van der Waals surface area contributed by atoms with Crippen molar-refractivity contribution in [2.75, 3.05) is 5.32 Å². The highest BCUT2D eigenvalue weighted by Crippen LogP contribution is 2.25. The van der Waals surface area contributed by atoms with Crippen LogP contribution in [0, 0.1) is 11.3 Å². The molecule has 3 aromatic rings. The van der Waals surface area contributed by atoms with E-state index in [9.17, 15) is 10.1 Å². The quantitative estimate of drug-likeness (QED) is 0.345. The van der Waals surface area contributed by atoms with Crippen LogP contribution < -0.4 is 10.1 Å². The second kappa shape index (κ2) is 9.92. The second-order valence-corrected chi connectivity index (χ2v) is 7.28. The lowest BCUT2D eigenvalue weighted by atomic mass is 10.1. The number of halogens is 2.